The lowest BCUT2D eigenvalue weighted by Gasteiger charge is -2.21. The molecule has 1 aliphatic heterocycles. The fraction of sp³-hybridized carbons (Fsp3) is 0.455. The van der Waals surface area contributed by atoms with Gasteiger partial charge >= 0.3 is 0 Å². The Kier molecular flexibility index (Phi) is 10.2. The number of aliphatic hydroxyl groups is 1. The first kappa shape index (κ1) is 21.5. The average Bonchev–Trinajstić information content (AvgIpc) is 3.11. The van der Waals surface area contributed by atoms with Gasteiger partial charge in [0.15, 0.2) is 0 Å². The first-order chi connectivity index (χ1) is 12.2. The minimum atomic E-state index is -0.268. The lowest BCUT2D eigenvalue weighted by atomic mass is 9.86. The summed E-state index contributed by atoms with van der Waals surface area (Å²) in [6.45, 7) is 10.4. The highest BCUT2D eigenvalue weighted by molar-refractivity contribution is 6.05. The van der Waals surface area contributed by atoms with E-state index in [0.29, 0.717) is 11.8 Å². The molecule has 2 aromatic carbocycles. The first-order valence-corrected chi connectivity index (χ1v) is 9.31. The van der Waals surface area contributed by atoms with Crippen LogP contribution in [0.2, 0.25) is 6.82 Å². The van der Waals surface area contributed by atoms with Gasteiger partial charge in [-0.1, -0.05) is 81.3 Å². The number of likely N-dealkylation sites (tertiary alicyclic amines) is 1. The minimum absolute atomic E-state index is 0.268. The fourth-order valence-electron chi connectivity index (χ4n) is 3.43. The maximum absolute atomic E-state index is 10.1. The van der Waals surface area contributed by atoms with Crippen LogP contribution in [0.25, 0.3) is 0 Å². The summed E-state index contributed by atoms with van der Waals surface area (Å²) >= 11 is 0. The summed E-state index contributed by atoms with van der Waals surface area (Å²) in [5.74, 6) is 0.742. The molecule has 134 valence electrons. The van der Waals surface area contributed by atoms with Crippen LogP contribution >= 0.6 is 0 Å². The minimum Gasteiger partial charge on any atom is -0.393 e. The van der Waals surface area contributed by atoms with E-state index in [-0.39, 0.29) is 6.10 Å². The Hall–Kier alpha value is -1.58. The molecule has 0 saturated carbocycles. The molecule has 2 nitrogen and oxygen atoms in total. The normalized spacial score (nSPS) is 20.7. The van der Waals surface area contributed by atoms with Crippen molar-refractivity contribution in [3.8, 4) is 0 Å². The molecule has 0 spiro atoms. The molecule has 0 bridgehead atoms. The van der Waals surface area contributed by atoms with Crippen molar-refractivity contribution in [1.29, 1.82) is 0 Å². The molecule has 1 aliphatic rings. The lowest BCUT2D eigenvalue weighted by Crippen LogP contribution is -2.25. The SMILES string of the molecule is CC.C[C@H](O)[C@@H]1CN(Cc2ccccc2)C[C@H]1c1ccccc1.[B]C. The number of hydrogen-bond acceptors (Lipinski definition) is 2. The van der Waals surface area contributed by atoms with Crippen molar-refractivity contribution in [3.63, 3.8) is 0 Å². The molecule has 2 aromatic rings. The van der Waals surface area contributed by atoms with Crippen LogP contribution in [-0.2, 0) is 6.54 Å². The van der Waals surface area contributed by atoms with Crippen LogP contribution < -0.4 is 0 Å². The zero-order valence-electron chi connectivity index (χ0n) is 16.1. The molecule has 1 N–H and O–H groups in total. The third-order valence-corrected chi connectivity index (χ3v) is 4.54. The smallest absolute Gasteiger partial charge is 0.0606 e. The van der Waals surface area contributed by atoms with Crippen molar-refractivity contribution in [2.75, 3.05) is 13.1 Å². The van der Waals surface area contributed by atoms with Crippen molar-refractivity contribution < 1.29 is 5.11 Å². The Balaban J connectivity index is 0.000000730. The van der Waals surface area contributed by atoms with Gasteiger partial charge in [0, 0.05) is 31.5 Å². The molecule has 1 heterocycles. The second kappa shape index (κ2) is 11.9. The highest BCUT2D eigenvalue weighted by atomic mass is 16.3. The summed E-state index contributed by atoms with van der Waals surface area (Å²) in [4.78, 5) is 2.46. The van der Waals surface area contributed by atoms with Crippen LogP contribution in [0.15, 0.2) is 60.7 Å². The maximum atomic E-state index is 10.1. The molecular weight excluding hydrogens is 305 g/mol. The molecule has 3 atom stereocenters. The van der Waals surface area contributed by atoms with Gasteiger partial charge < -0.3 is 5.11 Å². The number of nitrogens with zero attached hydrogens (tertiary/aromatic N) is 1. The summed E-state index contributed by atoms with van der Waals surface area (Å²) in [7, 11) is 4.50. The van der Waals surface area contributed by atoms with Gasteiger partial charge in [0.2, 0.25) is 0 Å². The van der Waals surface area contributed by atoms with Crippen LogP contribution in [0.1, 0.15) is 37.8 Å². The number of hydrogen-bond donors (Lipinski definition) is 1. The predicted molar refractivity (Wildman–Crippen MR) is 109 cm³/mol. The van der Waals surface area contributed by atoms with E-state index in [4.69, 9.17) is 0 Å². The van der Waals surface area contributed by atoms with Crippen LogP contribution in [0.4, 0.5) is 0 Å². The van der Waals surface area contributed by atoms with Gasteiger partial charge in [-0.3, -0.25) is 4.90 Å². The molecule has 25 heavy (non-hydrogen) atoms. The average molecular weight is 337 g/mol. The van der Waals surface area contributed by atoms with Crippen LogP contribution in [0.3, 0.4) is 0 Å². The van der Waals surface area contributed by atoms with Crippen molar-refractivity contribution in [2.45, 2.75) is 46.2 Å². The van der Waals surface area contributed by atoms with E-state index in [1.165, 1.54) is 17.9 Å². The molecule has 1 saturated heterocycles. The first-order valence-electron chi connectivity index (χ1n) is 9.31. The van der Waals surface area contributed by atoms with Gasteiger partial charge in [-0.05, 0) is 18.1 Å². The Bertz CT molecular complexity index is 559. The van der Waals surface area contributed by atoms with E-state index in [9.17, 15) is 5.11 Å². The summed E-state index contributed by atoms with van der Waals surface area (Å²) in [6.07, 6.45) is -0.268. The van der Waals surface area contributed by atoms with E-state index in [2.05, 4.69) is 73.4 Å². The van der Waals surface area contributed by atoms with Gasteiger partial charge in [-0.15, -0.1) is 0 Å². The molecule has 1 fully saturated rings. The van der Waals surface area contributed by atoms with E-state index >= 15 is 0 Å². The van der Waals surface area contributed by atoms with Crippen LogP contribution in [-0.4, -0.2) is 37.0 Å². The molecule has 3 rings (SSSR count). The van der Waals surface area contributed by atoms with Crippen LogP contribution in [0.5, 0.6) is 0 Å². The number of benzene rings is 2. The summed E-state index contributed by atoms with van der Waals surface area (Å²) < 4.78 is 0. The quantitative estimate of drug-likeness (QED) is 0.830. The Morgan fingerprint density at radius 1 is 0.960 bits per heavy atom. The second-order valence-electron chi connectivity index (χ2n) is 6.10. The molecule has 0 aliphatic carbocycles. The lowest BCUT2D eigenvalue weighted by molar-refractivity contribution is 0.120. The van der Waals surface area contributed by atoms with E-state index in [1.54, 1.807) is 0 Å². The van der Waals surface area contributed by atoms with Gasteiger partial charge in [0.1, 0.15) is 0 Å². The fourth-order valence-corrected chi connectivity index (χ4v) is 3.43. The second-order valence-corrected chi connectivity index (χ2v) is 6.10. The van der Waals surface area contributed by atoms with Crippen molar-refractivity contribution in [3.05, 3.63) is 71.8 Å². The molecule has 0 aromatic heterocycles. The monoisotopic (exact) mass is 337 g/mol. The van der Waals surface area contributed by atoms with Gasteiger partial charge in [-0.25, -0.2) is 0 Å². The molecule has 2 radical (unpaired) electrons. The standard InChI is InChI=1S/C19H23NO.C2H6.CH3B/c1-15(21)18-13-20(12-16-8-4-2-5-9-16)14-19(18)17-10-6-3-7-11-17;2*1-2/h2-11,15,18-19,21H,12-14H2,1H3;1-2H3;1H3/t15-,18-,19-;;/m0../s1. The predicted octanol–water partition coefficient (Wildman–Crippen LogP) is 4.51. The van der Waals surface area contributed by atoms with Gasteiger partial charge in [0.05, 0.1) is 14.0 Å². The number of rotatable bonds is 4. The Morgan fingerprint density at radius 2 is 1.48 bits per heavy atom. The zero-order chi connectivity index (χ0) is 18.7. The van der Waals surface area contributed by atoms with Crippen molar-refractivity contribution >= 4 is 7.85 Å². The Labute approximate surface area is 155 Å². The third kappa shape index (κ3) is 6.34. The summed E-state index contributed by atoms with van der Waals surface area (Å²) in [5.41, 5.74) is 2.69. The van der Waals surface area contributed by atoms with E-state index in [1.807, 2.05) is 20.8 Å². The molecule has 0 amide bonds. The zero-order valence-corrected chi connectivity index (χ0v) is 16.1. The largest absolute Gasteiger partial charge is 0.393 e. The third-order valence-electron chi connectivity index (χ3n) is 4.54. The molecule has 3 heteroatoms. The van der Waals surface area contributed by atoms with Crippen LogP contribution in [0, 0.1) is 5.92 Å². The highest BCUT2D eigenvalue weighted by Crippen LogP contribution is 2.35. The summed E-state index contributed by atoms with van der Waals surface area (Å²) in [6, 6.07) is 21.2. The number of aliphatic hydroxyl groups excluding tert-OH is 1. The van der Waals surface area contributed by atoms with Gasteiger partial charge in [0.25, 0.3) is 0 Å². The molecular formula is C22H32BNO. The summed E-state index contributed by atoms with van der Waals surface area (Å²) in [5, 5.41) is 10.1. The highest BCUT2D eigenvalue weighted by Gasteiger charge is 2.36. The Morgan fingerprint density at radius 3 is 2.00 bits per heavy atom. The molecule has 0 unspecified atom stereocenters. The topological polar surface area (TPSA) is 23.5 Å². The van der Waals surface area contributed by atoms with Crippen molar-refractivity contribution in [1.82, 2.24) is 4.90 Å². The van der Waals surface area contributed by atoms with Crippen molar-refractivity contribution in [2.24, 2.45) is 5.92 Å². The van der Waals surface area contributed by atoms with Gasteiger partial charge in [-0.2, -0.15) is 0 Å². The van der Waals surface area contributed by atoms with E-state index in [0.717, 1.165) is 19.6 Å². The maximum Gasteiger partial charge on any atom is 0.0606 e. The van der Waals surface area contributed by atoms with E-state index < -0.39 is 0 Å².